The number of aliphatic imine (C=N–C) groups is 1. The molecule has 0 bridgehead atoms. The number of nitrogens with zero attached hydrogens (tertiary/aromatic N) is 2. The van der Waals surface area contributed by atoms with Crippen LogP contribution in [-0.2, 0) is 4.74 Å². The van der Waals surface area contributed by atoms with Gasteiger partial charge in [0.25, 0.3) is 0 Å². The van der Waals surface area contributed by atoms with Crippen molar-refractivity contribution in [2.24, 2.45) is 10.9 Å². The molecule has 0 radical (unpaired) electrons. The number of hydrogen-bond acceptors (Lipinski definition) is 5. The van der Waals surface area contributed by atoms with E-state index in [9.17, 15) is 0 Å². The summed E-state index contributed by atoms with van der Waals surface area (Å²) in [6, 6.07) is 0.952. The maximum atomic E-state index is 5.37. The molecule has 1 fully saturated rings. The summed E-state index contributed by atoms with van der Waals surface area (Å²) in [7, 11) is 0. The van der Waals surface area contributed by atoms with Crippen LogP contribution in [0.25, 0.3) is 0 Å². The molecular weight excluding hydrogens is 246 g/mol. The Hall–Kier alpha value is -0.260. The number of thioether (sulfide) groups is 1. The van der Waals surface area contributed by atoms with E-state index in [-0.39, 0.29) is 0 Å². The van der Waals surface area contributed by atoms with Gasteiger partial charge in [0.05, 0.1) is 19.3 Å². The zero-order valence-electron chi connectivity index (χ0n) is 11.7. The molecule has 104 valence electrons. The molecule has 2 heterocycles. The smallest absolute Gasteiger partial charge is 0.157 e. The van der Waals surface area contributed by atoms with Crippen molar-refractivity contribution in [3.8, 4) is 0 Å². The second-order valence-electron chi connectivity index (χ2n) is 5.51. The molecule has 0 amide bonds. The second kappa shape index (κ2) is 6.78. The first-order valence-corrected chi connectivity index (χ1v) is 7.91. The highest BCUT2D eigenvalue weighted by molar-refractivity contribution is 8.14. The van der Waals surface area contributed by atoms with Gasteiger partial charge in [-0.15, -0.1) is 0 Å². The fraction of sp³-hybridized carbons (Fsp3) is 0.923. The highest BCUT2D eigenvalue weighted by Gasteiger charge is 2.22. The van der Waals surface area contributed by atoms with Gasteiger partial charge < -0.3 is 10.1 Å². The fourth-order valence-electron chi connectivity index (χ4n) is 2.24. The molecule has 1 saturated heterocycles. The van der Waals surface area contributed by atoms with E-state index in [0.29, 0.717) is 18.0 Å². The summed E-state index contributed by atoms with van der Waals surface area (Å²) in [4.78, 5) is 7.21. The van der Waals surface area contributed by atoms with Gasteiger partial charge in [0.2, 0.25) is 0 Å². The van der Waals surface area contributed by atoms with Crippen LogP contribution >= 0.6 is 11.8 Å². The lowest BCUT2D eigenvalue weighted by molar-refractivity contribution is 0.0353. The molecule has 2 atom stereocenters. The summed E-state index contributed by atoms with van der Waals surface area (Å²) in [6.07, 6.45) is 0. The summed E-state index contributed by atoms with van der Waals surface area (Å²) in [5, 5.41) is 4.68. The first kappa shape index (κ1) is 14.2. The molecular formula is C13H25N3OS. The van der Waals surface area contributed by atoms with Gasteiger partial charge in [-0.25, -0.2) is 0 Å². The van der Waals surface area contributed by atoms with Crippen molar-refractivity contribution in [3.05, 3.63) is 0 Å². The molecule has 0 spiro atoms. The summed E-state index contributed by atoms with van der Waals surface area (Å²) in [6.45, 7) is 11.7. The van der Waals surface area contributed by atoms with Crippen molar-refractivity contribution in [2.45, 2.75) is 32.9 Å². The highest BCUT2D eigenvalue weighted by atomic mass is 32.2. The molecule has 1 unspecified atom stereocenters. The van der Waals surface area contributed by atoms with Gasteiger partial charge in [0, 0.05) is 31.4 Å². The van der Waals surface area contributed by atoms with E-state index < -0.39 is 0 Å². The van der Waals surface area contributed by atoms with Crippen molar-refractivity contribution >= 4 is 16.9 Å². The summed E-state index contributed by atoms with van der Waals surface area (Å²) in [5.41, 5.74) is 0. The van der Waals surface area contributed by atoms with Crippen molar-refractivity contribution in [1.29, 1.82) is 0 Å². The van der Waals surface area contributed by atoms with Crippen LogP contribution in [0.5, 0.6) is 0 Å². The topological polar surface area (TPSA) is 36.9 Å². The van der Waals surface area contributed by atoms with Crippen LogP contribution < -0.4 is 5.32 Å². The Kier molecular flexibility index (Phi) is 5.33. The minimum absolute atomic E-state index is 0.459. The lowest BCUT2D eigenvalue weighted by atomic mass is 10.1. The van der Waals surface area contributed by atoms with Crippen molar-refractivity contribution < 1.29 is 4.74 Å². The van der Waals surface area contributed by atoms with Crippen LogP contribution in [0.1, 0.15) is 20.8 Å². The highest BCUT2D eigenvalue weighted by Crippen LogP contribution is 2.22. The van der Waals surface area contributed by atoms with Crippen LogP contribution in [0.4, 0.5) is 0 Å². The zero-order chi connectivity index (χ0) is 13.0. The molecule has 1 N–H and O–H groups in total. The molecule has 0 aromatic heterocycles. The molecule has 0 aliphatic carbocycles. The van der Waals surface area contributed by atoms with Crippen molar-refractivity contribution in [2.75, 3.05) is 38.6 Å². The Balaban J connectivity index is 1.73. The maximum Gasteiger partial charge on any atom is 0.157 e. The van der Waals surface area contributed by atoms with Gasteiger partial charge >= 0.3 is 0 Å². The number of rotatable bonds is 4. The molecule has 18 heavy (non-hydrogen) atoms. The summed E-state index contributed by atoms with van der Waals surface area (Å²) in [5.74, 6) is 1.77. The molecule has 5 heteroatoms. The van der Waals surface area contributed by atoms with Crippen LogP contribution in [0.2, 0.25) is 0 Å². The number of nitrogens with one attached hydrogen (secondary N) is 1. The average Bonchev–Trinajstić information content (AvgIpc) is 2.78. The fourth-order valence-corrected chi connectivity index (χ4v) is 3.52. The van der Waals surface area contributed by atoms with E-state index in [1.807, 2.05) is 11.8 Å². The largest absolute Gasteiger partial charge is 0.379 e. The van der Waals surface area contributed by atoms with Crippen LogP contribution in [0, 0.1) is 5.92 Å². The van der Waals surface area contributed by atoms with E-state index in [0.717, 1.165) is 43.8 Å². The molecule has 0 aromatic rings. The quantitative estimate of drug-likeness (QED) is 0.839. The Morgan fingerprint density at radius 3 is 2.72 bits per heavy atom. The third-order valence-electron chi connectivity index (χ3n) is 3.45. The van der Waals surface area contributed by atoms with Crippen molar-refractivity contribution in [1.82, 2.24) is 10.2 Å². The van der Waals surface area contributed by atoms with Gasteiger partial charge in [-0.2, -0.15) is 0 Å². The number of ether oxygens (including phenoxy) is 1. The van der Waals surface area contributed by atoms with Gasteiger partial charge in [-0.05, 0) is 12.8 Å². The SMILES string of the molecule is CC(CN1CCOCC1)NC1=N[C@@H](C(C)C)CS1. The van der Waals surface area contributed by atoms with Gasteiger partial charge in [-0.1, -0.05) is 25.6 Å². The molecule has 0 saturated carbocycles. The first-order chi connectivity index (χ1) is 8.65. The van der Waals surface area contributed by atoms with Gasteiger partial charge in [0.1, 0.15) is 0 Å². The van der Waals surface area contributed by atoms with Crippen LogP contribution in [-0.4, -0.2) is 60.8 Å². The molecule has 2 rings (SSSR count). The molecule has 2 aliphatic rings. The predicted molar refractivity (Wildman–Crippen MR) is 78.4 cm³/mol. The first-order valence-electron chi connectivity index (χ1n) is 6.92. The number of morpholine rings is 1. The number of amidine groups is 1. The van der Waals surface area contributed by atoms with E-state index in [2.05, 4.69) is 31.0 Å². The van der Waals surface area contributed by atoms with E-state index in [1.54, 1.807) is 0 Å². The molecule has 2 aliphatic heterocycles. The monoisotopic (exact) mass is 271 g/mol. The average molecular weight is 271 g/mol. The summed E-state index contributed by atoms with van der Waals surface area (Å²) < 4.78 is 5.37. The maximum absolute atomic E-state index is 5.37. The lowest BCUT2D eigenvalue weighted by Crippen LogP contribution is -2.45. The van der Waals surface area contributed by atoms with E-state index in [4.69, 9.17) is 9.73 Å². The normalized spacial score (nSPS) is 27.3. The predicted octanol–water partition coefficient (Wildman–Crippen LogP) is 1.42. The zero-order valence-corrected chi connectivity index (χ0v) is 12.5. The lowest BCUT2D eigenvalue weighted by Gasteiger charge is -2.29. The Bertz CT molecular complexity index is 290. The van der Waals surface area contributed by atoms with Crippen LogP contribution in [0.15, 0.2) is 4.99 Å². The Morgan fingerprint density at radius 2 is 2.11 bits per heavy atom. The van der Waals surface area contributed by atoms with Gasteiger partial charge in [-0.3, -0.25) is 9.89 Å². The molecule has 4 nitrogen and oxygen atoms in total. The minimum atomic E-state index is 0.459. The molecule has 0 aromatic carbocycles. The minimum Gasteiger partial charge on any atom is -0.379 e. The van der Waals surface area contributed by atoms with Gasteiger partial charge in [0.15, 0.2) is 5.17 Å². The third kappa shape index (κ3) is 4.14. The second-order valence-corrected chi connectivity index (χ2v) is 6.52. The third-order valence-corrected chi connectivity index (χ3v) is 4.45. The van der Waals surface area contributed by atoms with Crippen LogP contribution in [0.3, 0.4) is 0 Å². The standard InChI is InChI=1S/C13H25N3OS/c1-10(2)12-9-18-13(15-12)14-11(3)8-16-4-6-17-7-5-16/h10-12H,4-9H2,1-3H3,(H,14,15)/t11?,12-/m1/s1. The van der Waals surface area contributed by atoms with E-state index in [1.165, 1.54) is 0 Å². The Morgan fingerprint density at radius 1 is 1.39 bits per heavy atom. The van der Waals surface area contributed by atoms with E-state index >= 15 is 0 Å². The van der Waals surface area contributed by atoms with Crippen molar-refractivity contribution in [3.63, 3.8) is 0 Å². The Labute approximate surface area is 115 Å². The summed E-state index contributed by atoms with van der Waals surface area (Å²) >= 11 is 1.86. The number of hydrogen-bond donors (Lipinski definition) is 1.